The third-order valence-electron chi connectivity index (χ3n) is 4.75. The normalized spacial score (nSPS) is 18.6. The summed E-state index contributed by atoms with van der Waals surface area (Å²) in [7, 11) is 0. The van der Waals surface area contributed by atoms with Crippen LogP contribution in [-0.2, 0) is 6.61 Å². The highest BCUT2D eigenvalue weighted by Crippen LogP contribution is 2.29. The molecule has 0 saturated carbocycles. The predicted octanol–water partition coefficient (Wildman–Crippen LogP) is 4.21. The molecule has 2 aromatic rings. The Hall–Kier alpha value is -1.99. The van der Waals surface area contributed by atoms with Crippen LogP contribution < -0.4 is 15.4 Å². The summed E-state index contributed by atoms with van der Waals surface area (Å²) >= 11 is 1.34. The zero-order valence-corrected chi connectivity index (χ0v) is 17.9. The highest BCUT2D eigenvalue weighted by Gasteiger charge is 2.38. The van der Waals surface area contributed by atoms with E-state index in [1.165, 1.54) is 23.5 Å². The van der Waals surface area contributed by atoms with E-state index in [0.29, 0.717) is 16.3 Å². The van der Waals surface area contributed by atoms with E-state index in [2.05, 4.69) is 43.3 Å². The third kappa shape index (κ3) is 5.29. The molecule has 5 nitrogen and oxygen atoms in total. The number of thiazole rings is 1. The minimum atomic E-state index is -0.305. The average Bonchev–Trinajstić information content (AvgIpc) is 2.92. The molecule has 152 valence electrons. The zero-order valence-electron chi connectivity index (χ0n) is 17.1. The van der Waals surface area contributed by atoms with Gasteiger partial charge in [-0.25, -0.2) is 9.37 Å². The smallest absolute Gasteiger partial charge is 0.263 e. The summed E-state index contributed by atoms with van der Waals surface area (Å²) in [4.78, 5) is 17.9. The molecule has 28 heavy (non-hydrogen) atoms. The monoisotopic (exact) mass is 405 g/mol. The number of nitrogens with one attached hydrogen (secondary N) is 2. The van der Waals surface area contributed by atoms with Gasteiger partial charge in [0, 0.05) is 17.1 Å². The lowest BCUT2D eigenvalue weighted by atomic mass is 9.79. The molecule has 1 aromatic carbocycles. The molecule has 7 heteroatoms. The Morgan fingerprint density at radius 1 is 1.25 bits per heavy atom. The first kappa shape index (κ1) is 20.7. The minimum Gasteiger partial charge on any atom is -0.486 e. The number of carbonyl (C=O) groups excluding carboxylic acids is 1. The Kier molecular flexibility index (Phi) is 5.77. The second-order valence-electron chi connectivity index (χ2n) is 8.74. The Labute approximate surface area is 169 Å². The Morgan fingerprint density at radius 3 is 2.46 bits per heavy atom. The van der Waals surface area contributed by atoms with Crippen molar-refractivity contribution in [1.82, 2.24) is 15.6 Å². The molecule has 1 aliphatic heterocycles. The largest absolute Gasteiger partial charge is 0.486 e. The number of hydrogen-bond acceptors (Lipinski definition) is 5. The first-order chi connectivity index (χ1) is 13.0. The van der Waals surface area contributed by atoms with Crippen molar-refractivity contribution in [3.05, 3.63) is 45.7 Å². The number of carbonyl (C=O) groups is 1. The Morgan fingerprint density at radius 2 is 1.86 bits per heavy atom. The first-order valence-electron chi connectivity index (χ1n) is 9.48. The molecule has 1 saturated heterocycles. The van der Waals surface area contributed by atoms with Crippen LogP contribution in [0.1, 0.15) is 60.9 Å². The van der Waals surface area contributed by atoms with Crippen LogP contribution in [0.2, 0.25) is 0 Å². The fourth-order valence-electron chi connectivity index (χ4n) is 4.08. The summed E-state index contributed by atoms with van der Waals surface area (Å²) in [5.74, 6) is 0.182. The van der Waals surface area contributed by atoms with E-state index in [4.69, 9.17) is 4.74 Å². The van der Waals surface area contributed by atoms with Crippen LogP contribution in [0.3, 0.4) is 0 Å². The highest BCUT2D eigenvalue weighted by molar-refractivity contribution is 7.13. The fourth-order valence-corrected chi connectivity index (χ4v) is 4.96. The lowest BCUT2D eigenvalue weighted by molar-refractivity contribution is 0.0876. The van der Waals surface area contributed by atoms with Gasteiger partial charge in [-0.3, -0.25) is 4.79 Å². The van der Waals surface area contributed by atoms with Gasteiger partial charge in [0.25, 0.3) is 5.91 Å². The van der Waals surface area contributed by atoms with E-state index >= 15 is 0 Å². The number of benzene rings is 1. The van der Waals surface area contributed by atoms with Crippen LogP contribution in [0.4, 0.5) is 4.39 Å². The predicted molar refractivity (Wildman–Crippen MR) is 109 cm³/mol. The van der Waals surface area contributed by atoms with Crippen molar-refractivity contribution in [2.75, 3.05) is 0 Å². The van der Waals surface area contributed by atoms with E-state index in [0.717, 1.165) is 17.8 Å². The maximum absolute atomic E-state index is 13.0. The average molecular weight is 406 g/mol. The van der Waals surface area contributed by atoms with Crippen LogP contribution in [0.25, 0.3) is 0 Å². The number of rotatable bonds is 5. The Bertz CT molecular complexity index is 830. The lowest BCUT2D eigenvalue weighted by Gasteiger charge is -2.46. The van der Waals surface area contributed by atoms with Crippen LogP contribution >= 0.6 is 11.3 Å². The van der Waals surface area contributed by atoms with Crippen molar-refractivity contribution in [1.29, 1.82) is 0 Å². The standard InChI is InChI=1S/C21H28FN3O2S/c1-13-18(19(26)24-15-10-20(2,3)25-21(4,5)11-15)28-17(23-13)12-27-16-8-6-14(22)7-9-16/h6-9,15,25H,10-12H2,1-5H3,(H,24,26). The molecule has 0 radical (unpaired) electrons. The van der Waals surface area contributed by atoms with E-state index in [1.807, 2.05) is 6.92 Å². The number of nitrogens with zero attached hydrogens (tertiary/aromatic N) is 1. The number of ether oxygens (including phenoxy) is 1. The molecular formula is C21H28FN3O2S. The summed E-state index contributed by atoms with van der Waals surface area (Å²) in [6.07, 6.45) is 1.75. The molecule has 1 aliphatic rings. The summed E-state index contributed by atoms with van der Waals surface area (Å²) in [6, 6.07) is 5.96. The van der Waals surface area contributed by atoms with Gasteiger partial charge < -0.3 is 15.4 Å². The fraction of sp³-hybridized carbons (Fsp3) is 0.524. The van der Waals surface area contributed by atoms with Crippen LogP contribution in [0.15, 0.2) is 24.3 Å². The molecule has 1 amide bonds. The second-order valence-corrected chi connectivity index (χ2v) is 9.82. The summed E-state index contributed by atoms with van der Waals surface area (Å²) < 4.78 is 18.6. The number of amides is 1. The molecule has 2 N–H and O–H groups in total. The van der Waals surface area contributed by atoms with Crippen molar-refractivity contribution in [3.63, 3.8) is 0 Å². The number of halogens is 1. The maximum atomic E-state index is 13.0. The molecule has 2 heterocycles. The van der Waals surface area contributed by atoms with Crippen LogP contribution in [0.5, 0.6) is 5.75 Å². The van der Waals surface area contributed by atoms with Gasteiger partial charge in [0.05, 0.1) is 5.69 Å². The van der Waals surface area contributed by atoms with Gasteiger partial charge in [0.1, 0.15) is 28.1 Å². The third-order valence-corrected chi connectivity index (χ3v) is 5.88. The van der Waals surface area contributed by atoms with Crippen molar-refractivity contribution in [3.8, 4) is 5.75 Å². The van der Waals surface area contributed by atoms with E-state index in [-0.39, 0.29) is 35.5 Å². The summed E-state index contributed by atoms with van der Waals surface area (Å²) in [5.41, 5.74) is 0.639. The highest BCUT2D eigenvalue weighted by atomic mass is 32.1. The maximum Gasteiger partial charge on any atom is 0.263 e. The van der Waals surface area contributed by atoms with Gasteiger partial charge in [0.2, 0.25) is 0 Å². The number of hydrogen-bond donors (Lipinski definition) is 2. The summed E-state index contributed by atoms with van der Waals surface area (Å²) in [5, 5.41) is 7.54. The second kappa shape index (κ2) is 7.79. The first-order valence-corrected chi connectivity index (χ1v) is 10.3. The Balaban J connectivity index is 1.63. The van der Waals surface area contributed by atoms with Gasteiger partial charge in [0.15, 0.2) is 0 Å². The van der Waals surface area contributed by atoms with Crippen molar-refractivity contribution in [2.24, 2.45) is 0 Å². The molecule has 1 fully saturated rings. The van der Waals surface area contributed by atoms with Crippen LogP contribution in [-0.4, -0.2) is 28.0 Å². The van der Waals surface area contributed by atoms with Crippen molar-refractivity contribution < 1.29 is 13.9 Å². The lowest BCUT2D eigenvalue weighted by Crippen LogP contribution is -2.62. The minimum absolute atomic E-state index is 0.0312. The SMILES string of the molecule is Cc1nc(COc2ccc(F)cc2)sc1C(=O)NC1CC(C)(C)NC(C)(C)C1. The number of piperidine rings is 1. The molecule has 0 unspecified atom stereocenters. The van der Waals surface area contributed by atoms with Gasteiger partial charge in [-0.05, 0) is 71.7 Å². The quantitative estimate of drug-likeness (QED) is 0.782. The molecule has 0 atom stereocenters. The van der Waals surface area contributed by atoms with E-state index < -0.39 is 0 Å². The molecule has 3 rings (SSSR count). The van der Waals surface area contributed by atoms with Crippen molar-refractivity contribution >= 4 is 17.2 Å². The number of aromatic nitrogens is 1. The molecule has 0 aliphatic carbocycles. The van der Waals surface area contributed by atoms with Crippen molar-refractivity contribution in [2.45, 2.75) is 71.2 Å². The molecule has 0 bridgehead atoms. The molecule has 0 spiro atoms. The molecule has 1 aromatic heterocycles. The van der Waals surface area contributed by atoms with Gasteiger partial charge in [-0.1, -0.05) is 0 Å². The number of aryl methyl sites for hydroxylation is 1. The van der Waals surface area contributed by atoms with Crippen LogP contribution in [0, 0.1) is 12.7 Å². The molecular weight excluding hydrogens is 377 g/mol. The topological polar surface area (TPSA) is 63.2 Å². The van der Waals surface area contributed by atoms with Gasteiger partial charge in [-0.2, -0.15) is 0 Å². The zero-order chi connectivity index (χ0) is 20.5. The van der Waals surface area contributed by atoms with E-state index in [9.17, 15) is 9.18 Å². The van der Waals surface area contributed by atoms with Gasteiger partial charge >= 0.3 is 0 Å². The van der Waals surface area contributed by atoms with E-state index in [1.54, 1.807) is 12.1 Å². The van der Waals surface area contributed by atoms with Gasteiger partial charge in [-0.15, -0.1) is 11.3 Å². The summed E-state index contributed by atoms with van der Waals surface area (Å²) in [6.45, 7) is 10.7.